The summed E-state index contributed by atoms with van der Waals surface area (Å²) in [5.74, 6) is 1.61. The number of nitrogens with zero attached hydrogens (tertiary/aromatic N) is 1. The second-order valence-corrected chi connectivity index (χ2v) is 8.70. The average Bonchev–Trinajstić information content (AvgIpc) is 3.11. The summed E-state index contributed by atoms with van der Waals surface area (Å²) in [4.78, 5) is 14.9. The molecule has 0 spiro atoms. The highest BCUT2D eigenvalue weighted by molar-refractivity contribution is 6.31. The van der Waals surface area contributed by atoms with Crippen LogP contribution in [0.15, 0.2) is 46.9 Å². The van der Waals surface area contributed by atoms with Crippen molar-refractivity contribution in [2.45, 2.75) is 46.2 Å². The number of rotatable bonds is 10. The van der Waals surface area contributed by atoms with E-state index in [9.17, 15) is 4.79 Å². The highest BCUT2D eigenvalue weighted by atomic mass is 35.5. The van der Waals surface area contributed by atoms with Crippen molar-refractivity contribution in [1.82, 2.24) is 4.90 Å². The number of benzene rings is 2. The zero-order valence-corrected chi connectivity index (χ0v) is 20.0. The van der Waals surface area contributed by atoms with E-state index in [1.807, 2.05) is 12.1 Å². The molecule has 0 aliphatic carbocycles. The van der Waals surface area contributed by atoms with E-state index in [1.54, 1.807) is 37.4 Å². The Morgan fingerprint density at radius 2 is 1.81 bits per heavy atom. The third-order valence-electron chi connectivity index (χ3n) is 5.25. The summed E-state index contributed by atoms with van der Waals surface area (Å²) in [6, 6.07) is 13.4. The van der Waals surface area contributed by atoms with Gasteiger partial charge in [0.15, 0.2) is 11.5 Å². The largest absolute Gasteiger partial charge is 0.493 e. The standard InChI is InChI=1S/C25H31ClN2O4/c1-16(2)28(17(3)4)10-11-31-24-14-20(7-9-23(24)30-5)27-25(29)15-21-13-18-12-19(26)6-8-22(18)32-21/h6-9,12-14,16-17H,10-11,15H2,1-5H3,(H,27,29). The molecule has 1 aromatic heterocycles. The van der Waals surface area contributed by atoms with Crippen molar-refractivity contribution in [3.8, 4) is 11.5 Å². The van der Waals surface area contributed by atoms with Crippen LogP contribution in [0.4, 0.5) is 5.69 Å². The van der Waals surface area contributed by atoms with Gasteiger partial charge in [0, 0.05) is 40.8 Å². The summed E-state index contributed by atoms with van der Waals surface area (Å²) in [6.45, 7) is 10.0. The van der Waals surface area contributed by atoms with Crippen molar-refractivity contribution in [1.29, 1.82) is 0 Å². The Labute approximate surface area is 194 Å². The molecule has 0 aliphatic rings. The third kappa shape index (κ3) is 6.17. The van der Waals surface area contributed by atoms with Gasteiger partial charge in [0.25, 0.3) is 0 Å². The number of carbonyl (C=O) groups is 1. The maximum Gasteiger partial charge on any atom is 0.231 e. The average molecular weight is 459 g/mol. The minimum Gasteiger partial charge on any atom is -0.493 e. The molecule has 3 rings (SSSR count). The summed E-state index contributed by atoms with van der Waals surface area (Å²) >= 11 is 6.02. The van der Waals surface area contributed by atoms with Crippen molar-refractivity contribution in [2.24, 2.45) is 0 Å². The van der Waals surface area contributed by atoms with Crippen LogP contribution in [0.25, 0.3) is 11.0 Å². The minimum atomic E-state index is -0.183. The molecule has 1 heterocycles. The minimum absolute atomic E-state index is 0.117. The summed E-state index contributed by atoms with van der Waals surface area (Å²) in [6.07, 6.45) is 0.117. The Hall–Kier alpha value is -2.70. The van der Waals surface area contributed by atoms with E-state index >= 15 is 0 Å². The molecular weight excluding hydrogens is 428 g/mol. The van der Waals surface area contributed by atoms with E-state index in [2.05, 4.69) is 37.9 Å². The Balaban J connectivity index is 1.63. The Morgan fingerprint density at radius 3 is 2.50 bits per heavy atom. The zero-order valence-electron chi connectivity index (χ0n) is 19.3. The molecule has 32 heavy (non-hydrogen) atoms. The van der Waals surface area contributed by atoms with Crippen LogP contribution in [-0.2, 0) is 11.2 Å². The van der Waals surface area contributed by atoms with Gasteiger partial charge in [0.1, 0.15) is 18.0 Å². The zero-order chi connectivity index (χ0) is 23.3. The lowest BCUT2D eigenvalue weighted by atomic mass is 10.2. The van der Waals surface area contributed by atoms with Gasteiger partial charge < -0.3 is 19.2 Å². The molecule has 0 atom stereocenters. The molecule has 0 unspecified atom stereocenters. The summed E-state index contributed by atoms with van der Waals surface area (Å²) in [7, 11) is 1.60. The Bertz CT molecular complexity index is 1050. The van der Waals surface area contributed by atoms with Gasteiger partial charge in [-0.2, -0.15) is 0 Å². The van der Waals surface area contributed by atoms with Crippen LogP contribution in [0.2, 0.25) is 5.02 Å². The van der Waals surface area contributed by atoms with Crippen LogP contribution in [0.5, 0.6) is 11.5 Å². The third-order valence-corrected chi connectivity index (χ3v) is 5.48. The molecule has 0 aliphatic heterocycles. The lowest BCUT2D eigenvalue weighted by Crippen LogP contribution is -2.39. The number of carbonyl (C=O) groups excluding carboxylic acids is 1. The van der Waals surface area contributed by atoms with Crippen LogP contribution in [-0.4, -0.2) is 43.2 Å². The molecule has 172 valence electrons. The number of nitrogens with one attached hydrogen (secondary N) is 1. The van der Waals surface area contributed by atoms with Gasteiger partial charge in [-0.1, -0.05) is 11.6 Å². The van der Waals surface area contributed by atoms with Gasteiger partial charge in [-0.25, -0.2) is 0 Å². The number of hydrogen-bond acceptors (Lipinski definition) is 5. The maximum atomic E-state index is 12.6. The molecule has 2 aromatic carbocycles. The van der Waals surface area contributed by atoms with Gasteiger partial charge in [0.2, 0.25) is 5.91 Å². The molecule has 0 bridgehead atoms. The van der Waals surface area contributed by atoms with Crippen LogP contribution in [0.3, 0.4) is 0 Å². The van der Waals surface area contributed by atoms with Crippen LogP contribution >= 0.6 is 11.6 Å². The fraction of sp³-hybridized carbons (Fsp3) is 0.400. The SMILES string of the molecule is COc1ccc(NC(=O)Cc2cc3cc(Cl)ccc3o2)cc1OCCN(C(C)C)C(C)C. The molecule has 0 saturated carbocycles. The number of hydrogen-bond donors (Lipinski definition) is 1. The molecule has 6 nitrogen and oxygen atoms in total. The van der Waals surface area contributed by atoms with Crippen molar-refractivity contribution >= 4 is 34.2 Å². The topological polar surface area (TPSA) is 63.9 Å². The van der Waals surface area contributed by atoms with Gasteiger partial charge in [-0.05, 0) is 64.1 Å². The van der Waals surface area contributed by atoms with Crippen LogP contribution in [0.1, 0.15) is 33.5 Å². The summed E-state index contributed by atoms with van der Waals surface area (Å²) in [5, 5.41) is 4.40. The summed E-state index contributed by atoms with van der Waals surface area (Å²) in [5.41, 5.74) is 1.34. The second-order valence-electron chi connectivity index (χ2n) is 8.26. The molecule has 0 fully saturated rings. The predicted octanol–water partition coefficient (Wildman–Crippen LogP) is 5.77. The first-order chi connectivity index (χ1) is 15.3. The van der Waals surface area contributed by atoms with E-state index in [4.69, 9.17) is 25.5 Å². The number of halogens is 1. The van der Waals surface area contributed by atoms with E-state index in [0.29, 0.717) is 52.2 Å². The molecule has 3 aromatic rings. The van der Waals surface area contributed by atoms with Gasteiger partial charge in [0.05, 0.1) is 13.5 Å². The molecule has 0 saturated heterocycles. The fourth-order valence-electron chi connectivity index (χ4n) is 3.76. The Kier molecular flexibility index (Phi) is 8.04. The number of furan rings is 1. The van der Waals surface area contributed by atoms with E-state index in [1.165, 1.54) is 0 Å². The lowest BCUT2D eigenvalue weighted by molar-refractivity contribution is -0.115. The fourth-order valence-corrected chi connectivity index (χ4v) is 3.94. The number of fused-ring (bicyclic) bond motifs is 1. The number of amides is 1. The maximum absolute atomic E-state index is 12.6. The number of anilines is 1. The molecule has 7 heteroatoms. The number of methoxy groups -OCH3 is 1. The van der Waals surface area contributed by atoms with Gasteiger partial charge >= 0.3 is 0 Å². The molecule has 1 amide bonds. The molecule has 0 radical (unpaired) electrons. The van der Waals surface area contributed by atoms with Crippen molar-refractivity contribution in [2.75, 3.05) is 25.6 Å². The summed E-state index contributed by atoms with van der Waals surface area (Å²) < 4.78 is 17.2. The van der Waals surface area contributed by atoms with Crippen molar-refractivity contribution < 1.29 is 18.7 Å². The van der Waals surface area contributed by atoms with Crippen LogP contribution in [0, 0.1) is 0 Å². The first kappa shape index (κ1) is 24.0. The van der Waals surface area contributed by atoms with Crippen molar-refractivity contribution in [3.05, 3.63) is 53.2 Å². The molecule has 1 N–H and O–H groups in total. The number of ether oxygens (including phenoxy) is 2. The highest BCUT2D eigenvalue weighted by Gasteiger charge is 2.15. The van der Waals surface area contributed by atoms with Crippen LogP contribution < -0.4 is 14.8 Å². The monoisotopic (exact) mass is 458 g/mol. The van der Waals surface area contributed by atoms with E-state index in [-0.39, 0.29) is 12.3 Å². The first-order valence-corrected chi connectivity index (χ1v) is 11.2. The van der Waals surface area contributed by atoms with E-state index in [0.717, 1.165) is 11.9 Å². The van der Waals surface area contributed by atoms with E-state index < -0.39 is 0 Å². The van der Waals surface area contributed by atoms with Gasteiger partial charge in [-0.15, -0.1) is 0 Å². The smallest absolute Gasteiger partial charge is 0.231 e. The molecular formula is C25H31ClN2O4. The lowest BCUT2D eigenvalue weighted by Gasteiger charge is -2.30. The predicted molar refractivity (Wildman–Crippen MR) is 129 cm³/mol. The second kappa shape index (κ2) is 10.7. The Morgan fingerprint density at radius 1 is 1.06 bits per heavy atom. The normalized spacial score (nSPS) is 11.5. The highest BCUT2D eigenvalue weighted by Crippen LogP contribution is 2.30. The van der Waals surface area contributed by atoms with Crippen molar-refractivity contribution in [3.63, 3.8) is 0 Å². The first-order valence-electron chi connectivity index (χ1n) is 10.8. The quantitative estimate of drug-likeness (QED) is 0.417. The van der Waals surface area contributed by atoms with Gasteiger partial charge in [-0.3, -0.25) is 9.69 Å².